The normalized spacial score (nSPS) is 13.6. The SMILES string of the molecule is CCI1N=Cc2cc(C)c(-c3ccc(NCc4c(F)cccc4F)nc3)cc21. The van der Waals surface area contributed by atoms with Crippen LogP contribution in [0.25, 0.3) is 11.1 Å². The van der Waals surface area contributed by atoms with E-state index >= 15 is 0 Å². The molecule has 2 heterocycles. The van der Waals surface area contributed by atoms with Gasteiger partial charge in [0, 0.05) is 0 Å². The molecule has 2 aromatic carbocycles. The first-order valence-corrected chi connectivity index (χ1v) is 12.6. The molecule has 1 aliphatic rings. The van der Waals surface area contributed by atoms with E-state index in [0.29, 0.717) is 5.82 Å². The minimum absolute atomic E-state index is 0.0130. The van der Waals surface area contributed by atoms with Crippen molar-refractivity contribution >= 4 is 32.1 Å². The summed E-state index contributed by atoms with van der Waals surface area (Å²) >= 11 is -1.42. The van der Waals surface area contributed by atoms with Crippen molar-refractivity contribution in [2.45, 2.75) is 20.4 Å². The molecule has 28 heavy (non-hydrogen) atoms. The Morgan fingerprint density at radius 2 is 1.86 bits per heavy atom. The number of nitrogens with one attached hydrogen (secondary N) is 1. The zero-order valence-corrected chi connectivity index (χ0v) is 17.8. The maximum absolute atomic E-state index is 13.7. The molecule has 1 N–H and O–H groups in total. The van der Waals surface area contributed by atoms with E-state index in [2.05, 4.69) is 36.3 Å². The fourth-order valence-corrected chi connectivity index (χ4v) is 7.05. The van der Waals surface area contributed by atoms with Crippen LogP contribution in [0.15, 0.2) is 51.9 Å². The van der Waals surface area contributed by atoms with Crippen LogP contribution in [0.1, 0.15) is 23.6 Å². The van der Waals surface area contributed by atoms with Crippen LogP contribution >= 0.6 is 20.1 Å². The second-order valence-electron chi connectivity index (χ2n) is 6.51. The molecule has 0 unspecified atom stereocenters. The molecule has 0 saturated heterocycles. The number of aromatic nitrogens is 1. The van der Waals surface area contributed by atoms with Crippen LogP contribution in [-0.2, 0) is 6.54 Å². The van der Waals surface area contributed by atoms with Gasteiger partial charge in [0.2, 0.25) is 0 Å². The van der Waals surface area contributed by atoms with Gasteiger partial charge in [0.05, 0.1) is 0 Å². The molecule has 6 heteroatoms. The van der Waals surface area contributed by atoms with Crippen LogP contribution in [0.5, 0.6) is 0 Å². The average Bonchev–Trinajstić information content (AvgIpc) is 3.09. The van der Waals surface area contributed by atoms with Crippen LogP contribution in [0, 0.1) is 22.1 Å². The number of alkyl halides is 1. The zero-order valence-electron chi connectivity index (χ0n) is 15.6. The van der Waals surface area contributed by atoms with E-state index in [4.69, 9.17) is 3.21 Å². The number of halogens is 3. The Hall–Kier alpha value is -2.35. The fourth-order valence-electron chi connectivity index (χ4n) is 3.22. The number of pyridine rings is 1. The summed E-state index contributed by atoms with van der Waals surface area (Å²) < 4.78 is 34.8. The van der Waals surface area contributed by atoms with E-state index in [1.54, 1.807) is 6.20 Å². The number of fused-ring (bicyclic) bond motifs is 1. The van der Waals surface area contributed by atoms with Crippen LogP contribution < -0.4 is 5.32 Å². The zero-order chi connectivity index (χ0) is 19.7. The van der Waals surface area contributed by atoms with Crippen molar-refractivity contribution in [1.29, 1.82) is 0 Å². The third kappa shape index (κ3) is 3.65. The second kappa shape index (κ2) is 7.95. The third-order valence-electron chi connectivity index (χ3n) is 4.72. The fraction of sp³-hybridized carbons (Fsp3) is 0.182. The molecule has 3 aromatic rings. The van der Waals surface area contributed by atoms with Gasteiger partial charge in [0.15, 0.2) is 0 Å². The Balaban J connectivity index is 1.54. The molecule has 1 aliphatic heterocycles. The summed E-state index contributed by atoms with van der Waals surface area (Å²) in [6.07, 6.45) is 3.82. The summed E-state index contributed by atoms with van der Waals surface area (Å²) in [7, 11) is 0. The van der Waals surface area contributed by atoms with Crippen LogP contribution in [0.4, 0.5) is 14.6 Å². The number of rotatable bonds is 5. The molecule has 144 valence electrons. The standard InChI is InChI=1S/C22H20F2IN3/c1-3-25-21-10-17(14(2)9-16(21)12-28-25)15-7-8-22(26-11-15)27-13-18-19(23)5-4-6-20(18)24/h4-12H,3,13H2,1-2H3,(H,26,27). The van der Waals surface area contributed by atoms with Crippen LogP contribution in [0.3, 0.4) is 0 Å². The topological polar surface area (TPSA) is 37.3 Å². The Morgan fingerprint density at radius 3 is 2.54 bits per heavy atom. The number of nitrogens with zero attached hydrogens (tertiary/aromatic N) is 2. The first-order valence-electron chi connectivity index (χ1n) is 9.04. The van der Waals surface area contributed by atoms with Crippen LogP contribution in [-0.4, -0.2) is 15.6 Å². The number of hydrogen-bond acceptors (Lipinski definition) is 3. The van der Waals surface area contributed by atoms with Gasteiger partial charge >= 0.3 is 165 Å². The summed E-state index contributed by atoms with van der Waals surface area (Å²) in [5.41, 5.74) is 4.65. The average molecular weight is 491 g/mol. The van der Waals surface area contributed by atoms with Crippen LogP contribution in [0.2, 0.25) is 0 Å². The predicted molar refractivity (Wildman–Crippen MR) is 119 cm³/mol. The molecule has 0 saturated carbocycles. The quantitative estimate of drug-likeness (QED) is 0.352. The molecular weight excluding hydrogens is 471 g/mol. The Bertz CT molecular complexity index is 1030. The van der Waals surface area contributed by atoms with Crippen molar-refractivity contribution in [3.05, 3.63) is 80.6 Å². The summed E-state index contributed by atoms with van der Waals surface area (Å²) in [5, 5.41) is 2.99. The Kier molecular flexibility index (Phi) is 5.39. The van der Waals surface area contributed by atoms with Gasteiger partial charge in [0.1, 0.15) is 0 Å². The number of benzene rings is 2. The van der Waals surface area contributed by atoms with Gasteiger partial charge in [-0.25, -0.2) is 0 Å². The molecule has 0 amide bonds. The van der Waals surface area contributed by atoms with Crippen molar-refractivity contribution in [3.8, 4) is 11.1 Å². The summed E-state index contributed by atoms with van der Waals surface area (Å²) in [6, 6.07) is 12.2. The van der Waals surface area contributed by atoms with Gasteiger partial charge < -0.3 is 0 Å². The maximum atomic E-state index is 13.7. The second-order valence-corrected chi connectivity index (χ2v) is 11.7. The first kappa shape index (κ1) is 19.0. The number of anilines is 1. The molecule has 1 aromatic heterocycles. The van der Waals surface area contributed by atoms with Crippen molar-refractivity contribution < 1.29 is 8.78 Å². The van der Waals surface area contributed by atoms with Crippen molar-refractivity contribution in [2.24, 2.45) is 3.21 Å². The molecule has 0 fully saturated rings. The van der Waals surface area contributed by atoms with Gasteiger partial charge in [-0.3, -0.25) is 0 Å². The summed E-state index contributed by atoms with van der Waals surface area (Å²) in [5.74, 6) is -0.541. The molecule has 4 rings (SSSR count). The summed E-state index contributed by atoms with van der Waals surface area (Å²) in [4.78, 5) is 4.43. The van der Waals surface area contributed by atoms with E-state index in [-0.39, 0.29) is 12.1 Å². The van der Waals surface area contributed by atoms with Crippen molar-refractivity contribution in [3.63, 3.8) is 0 Å². The molecule has 0 bridgehead atoms. The number of aryl methyl sites for hydroxylation is 1. The van der Waals surface area contributed by atoms with Gasteiger partial charge in [-0.15, -0.1) is 0 Å². The Labute approximate surface area is 170 Å². The third-order valence-corrected chi connectivity index (χ3v) is 9.39. The first-order chi connectivity index (χ1) is 13.6. The molecular formula is C22H20F2IN3. The van der Waals surface area contributed by atoms with Gasteiger partial charge in [-0.05, 0) is 0 Å². The predicted octanol–water partition coefficient (Wildman–Crippen LogP) is 5.99. The molecule has 0 radical (unpaired) electrons. The van der Waals surface area contributed by atoms with Crippen molar-refractivity contribution in [1.82, 2.24) is 4.98 Å². The molecule has 0 spiro atoms. The Morgan fingerprint density at radius 1 is 1.07 bits per heavy atom. The van der Waals surface area contributed by atoms with Gasteiger partial charge in [-0.1, -0.05) is 6.07 Å². The van der Waals surface area contributed by atoms with Crippen molar-refractivity contribution in [2.75, 3.05) is 9.74 Å². The van der Waals surface area contributed by atoms with E-state index in [1.165, 1.54) is 38.5 Å². The molecule has 0 aliphatic carbocycles. The minimum atomic E-state index is -1.42. The van der Waals surface area contributed by atoms with Gasteiger partial charge in [0.25, 0.3) is 0 Å². The summed E-state index contributed by atoms with van der Waals surface area (Å²) in [6.45, 7) is 4.35. The monoisotopic (exact) mass is 491 g/mol. The van der Waals surface area contributed by atoms with E-state index in [1.807, 2.05) is 18.3 Å². The van der Waals surface area contributed by atoms with Gasteiger partial charge in [-0.2, -0.15) is 0 Å². The van der Waals surface area contributed by atoms with E-state index in [0.717, 1.165) is 9.99 Å². The number of hydrogen-bond donors (Lipinski definition) is 1. The van der Waals surface area contributed by atoms with E-state index in [9.17, 15) is 8.78 Å². The molecule has 3 nitrogen and oxygen atoms in total. The molecule has 0 atom stereocenters. The van der Waals surface area contributed by atoms with E-state index < -0.39 is 31.7 Å².